The Balaban J connectivity index is 1.65. The zero-order valence-corrected chi connectivity index (χ0v) is 10.4. The molecule has 3 rings (SSSR count). The molecule has 1 aliphatic heterocycles. The number of nitrogens with zero attached hydrogens (tertiary/aromatic N) is 3. The molecule has 1 aliphatic rings. The molecule has 1 fully saturated rings. The fourth-order valence-corrected chi connectivity index (χ4v) is 2.59. The van der Waals surface area contributed by atoms with Crippen molar-refractivity contribution in [2.45, 2.75) is 18.9 Å². The van der Waals surface area contributed by atoms with E-state index in [1.807, 2.05) is 24.7 Å². The SMILES string of the molecule is Nc1ccc(N2CCC(n3ccnc3)CC2)cc1. The maximum absolute atomic E-state index is 5.71. The molecule has 4 heteroatoms. The van der Waals surface area contributed by atoms with Gasteiger partial charge in [0.25, 0.3) is 0 Å². The van der Waals surface area contributed by atoms with E-state index in [9.17, 15) is 0 Å². The normalized spacial score (nSPS) is 17.0. The highest BCUT2D eigenvalue weighted by molar-refractivity contribution is 5.53. The summed E-state index contributed by atoms with van der Waals surface area (Å²) >= 11 is 0. The number of nitrogens with two attached hydrogens (primary N) is 1. The van der Waals surface area contributed by atoms with Crippen LogP contribution in [0.25, 0.3) is 0 Å². The molecule has 2 N–H and O–H groups in total. The molecule has 0 saturated carbocycles. The van der Waals surface area contributed by atoms with E-state index in [0.717, 1.165) is 18.8 Å². The van der Waals surface area contributed by atoms with Crippen molar-refractivity contribution in [2.75, 3.05) is 23.7 Å². The summed E-state index contributed by atoms with van der Waals surface area (Å²) < 4.78 is 2.22. The van der Waals surface area contributed by atoms with Crippen molar-refractivity contribution in [1.82, 2.24) is 9.55 Å². The first kappa shape index (κ1) is 11.1. The first-order chi connectivity index (χ1) is 8.83. The molecule has 0 bridgehead atoms. The first-order valence-corrected chi connectivity index (χ1v) is 6.41. The second kappa shape index (κ2) is 4.72. The van der Waals surface area contributed by atoms with E-state index in [-0.39, 0.29) is 0 Å². The molecular formula is C14H18N4. The molecule has 0 aliphatic carbocycles. The van der Waals surface area contributed by atoms with Crippen molar-refractivity contribution in [3.8, 4) is 0 Å². The van der Waals surface area contributed by atoms with Crippen LogP contribution in [-0.2, 0) is 0 Å². The fraction of sp³-hybridized carbons (Fsp3) is 0.357. The smallest absolute Gasteiger partial charge is 0.0948 e. The number of benzene rings is 1. The van der Waals surface area contributed by atoms with Crippen molar-refractivity contribution in [3.05, 3.63) is 43.0 Å². The highest BCUT2D eigenvalue weighted by Gasteiger charge is 2.20. The average molecular weight is 242 g/mol. The van der Waals surface area contributed by atoms with Crippen LogP contribution in [0.4, 0.5) is 11.4 Å². The lowest BCUT2D eigenvalue weighted by molar-refractivity contribution is 0.396. The van der Waals surface area contributed by atoms with E-state index in [1.54, 1.807) is 0 Å². The Bertz CT molecular complexity index is 481. The quantitative estimate of drug-likeness (QED) is 0.822. The highest BCUT2D eigenvalue weighted by Crippen LogP contribution is 2.26. The summed E-state index contributed by atoms with van der Waals surface area (Å²) in [6.07, 6.45) is 8.17. The monoisotopic (exact) mass is 242 g/mol. The second-order valence-corrected chi connectivity index (χ2v) is 4.82. The Morgan fingerprint density at radius 3 is 2.44 bits per heavy atom. The van der Waals surface area contributed by atoms with Gasteiger partial charge in [-0.1, -0.05) is 0 Å². The van der Waals surface area contributed by atoms with E-state index >= 15 is 0 Å². The molecular weight excluding hydrogens is 224 g/mol. The maximum Gasteiger partial charge on any atom is 0.0948 e. The van der Waals surface area contributed by atoms with Gasteiger partial charge in [0.05, 0.1) is 6.33 Å². The van der Waals surface area contributed by atoms with Crippen LogP contribution in [-0.4, -0.2) is 22.6 Å². The highest BCUT2D eigenvalue weighted by atomic mass is 15.2. The molecule has 1 aromatic heterocycles. The summed E-state index contributed by atoms with van der Waals surface area (Å²) in [7, 11) is 0. The van der Waals surface area contributed by atoms with Crippen LogP contribution < -0.4 is 10.6 Å². The average Bonchev–Trinajstić information content (AvgIpc) is 2.94. The Morgan fingerprint density at radius 2 is 1.83 bits per heavy atom. The largest absolute Gasteiger partial charge is 0.399 e. The number of hydrogen-bond acceptors (Lipinski definition) is 3. The summed E-state index contributed by atoms with van der Waals surface area (Å²) in [5.74, 6) is 0. The van der Waals surface area contributed by atoms with E-state index in [0.29, 0.717) is 6.04 Å². The standard InChI is InChI=1S/C14H18N4/c15-12-1-3-13(4-2-12)17-8-5-14(6-9-17)18-10-7-16-11-18/h1-4,7,10-11,14H,5-6,8-9,15H2. The van der Waals surface area contributed by atoms with Crippen molar-refractivity contribution in [2.24, 2.45) is 0 Å². The number of nitrogen functional groups attached to an aromatic ring is 1. The molecule has 4 nitrogen and oxygen atoms in total. The summed E-state index contributed by atoms with van der Waals surface area (Å²) in [5.41, 5.74) is 7.81. The number of piperidine rings is 1. The lowest BCUT2D eigenvalue weighted by atomic mass is 10.0. The molecule has 0 spiro atoms. The van der Waals surface area contributed by atoms with Gasteiger partial charge in [-0.15, -0.1) is 0 Å². The van der Waals surface area contributed by atoms with Crippen molar-refractivity contribution in [1.29, 1.82) is 0 Å². The van der Waals surface area contributed by atoms with E-state index in [2.05, 4.69) is 32.8 Å². The summed E-state index contributed by atoms with van der Waals surface area (Å²) in [6.45, 7) is 2.18. The number of imidazole rings is 1. The van der Waals surface area contributed by atoms with Gasteiger partial charge in [0.2, 0.25) is 0 Å². The zero-order chi connectivity index (χ0) is 12.4. The van der Waals surface area contributed by atoms with Gasteiger partial charge in [0.15, 0.2) is 0 Å². The predicted molar refractivity (Wildman–Crippen MR) is 73.6 cm³/mol. The molecule has 0 unspecified atom stereocenters. The topological polar surface area (TPSA) is 47.1 Å². The number of anilines is 2. The molecule has 0 atom stereocenters. The third-order valence-corrected chi connectivity index (χ3v) is 3.67. The first-order valence-electron chi connectivity index (χ1n) is 6.41. The summed E-state index contributed by atoms with van der Waals surface area (Å²) in [6, 6.07) is 8.74. The summed E-state index contributed by atoms with van der Waals surface area (Å²) in [5, 5.41) is 0. The minimum absolute atomic E-state index is 0.595. The summed E-state index contributed by atoms with van der Waals surface area (Å²) in [4.78, 5) is 6.54. The number of rotatable bonds is 2. The van der Waals surface area contributed by atoms with Crippen LogP contribution in [0.1, 0.15) is 18.9 Å². The Kier molecular flexibility index (Phi) is 2.92. The number of hydrogen-bond donors (Lipinski definition) is 1. The Morgan fingerprint density at radius 1 is 1.11 bits per heavy atom. The number of aromatic nitrogens is 2. The van der Waals surface area contributed by atoms with Crippen LogP contribution in [0.3, 0.4) is 0 Å². The Hall–Kier alpha value is -1.97. The Labute approximate surface area is 107 Å². The minimum atomic E-state index is 0.595. The van der Waals surface area contributed by atoms with Crippen LogP contribution >= 0.6 is 0 Å². The van der Waals surface area contributed by atoms with Crippen LogP contribution in [0.2, 0.25) is 0 Å². The molecule has 0 amide bonds. The van der Waals surface area contributed by atoms with Gasteiger partial charge in [0.1, 0.15) is 0 Å². The van der Waals surface area contributed by atoms with Gasteiger partial charge in [0, 0.05) is 42.9 Å². The fourth-order valence-electron chi connectivity index (χ4n) is 2.59. The zero-order valence-electron chi connectivity index (χ0n) is 10.4. The van der Waals surface area contributed by atoms with Gasteiger partial charge in [-0.05, 0) is 37.1 Å². The van der Waals surface area contributed by atoms with Crippen LogP contribution in [0.15, 0.2) is 43.0 Å². The second-order valence-electron chi connectivity index (χ2n) is 4.82. The molecule has 2 aromatic rings. The lowest BCUT2D eigenvalue weighted by Gasteiger charge is -2.34. The van der Waals surface area contributed by atoms with E-state index in [4.69, 9.17) is 5.73 Å². The van der Waals surface area contributed by atoms with Crippen molar-refractivity contribution < 1.29 is 0 Å². The molecule has 1 saturated heterocycles. The van der Waals surface area contributed by atoms with Crippen molar-refractivity contribution in [3.63, 3.8) is 0 Å². The van der Waals surface area contributed by atoms with Gasteiger partial charge < -0.3 is 15.2 Å². The molecule has 0 radical (unpaired) electrons. The van der Waals surface area contributed by atoms with Crippen LogP contribution in [0, 0.1) is 0 Å². The third kappa shape index (κ3) is 2.18. The molecule has 18 heavy (non-hydrogen) atoms. The van der Waals surface area contributed by atoms with E-state index in [1.165, 1.54) is 18.5 Å². The van der Waals surface area contributed by atoms with Gasteiger partial charge in [-0.25, -0.2) is 4.98 Å². The van der Waals surface area contributed by atoms with E-state index < -0.39 is 0 Å². The maximum atomic E-state index is 5.71. The van der Waals surface area contributed by atoms with Crippen LogP contribution in [0.5, 0.6) is 0 Å². The predicted octanol–water partition coefficient (Wildman–Crippen LogP) is 2.31. The minimum Gasteiger partial charge on any atom is -0.399 e. The molecule has 1 aromatic carbocycles. The van der Waals surface area contributed by atoms with Gasteiger partial charge in [-0.2, -0.15) is 0 Å². The molecule has 94 valence electrons. The van der Waals surface area contributed by atoms with Gasteiger partial charge in [-0.3, -0.25) is 0 Å². The lowest BCUT2D eigenvalue weighted by Crippen LogP contribution is -2.34. The molecule has 2 heterocycles. The van der Waals surface area contributed by atoms with Crippen molar-refractivity contribution >= 4 is 11.4 Å². The van der Waals surface area contributed by atoms with Gasteiger partial charge >= 0.3 is 0 Å². The third-order valence-electron chi connectivity index (χ3n) is 3.67.